The summed E-state index contributed by atoms with van der Waals surface area (Å²) in [7, 11) is -2.82. The minimum Gasteiger partial charge on any atom is -0.313 e. The molecule has 0 aromatic heterocycles. The molecule has 0 aromatic rings. The van der Waals surface area contributed by atoms with Crippen LogP contribution in [-0.2, 0) is 15.2 Å². The van der Waals surface area contributed by atoms with Crippen LogP contribution < -0.4 is 0 Å². The Morgan fingerprint density at radius 3 is 2.31 bits per heavy atom. The van der Waals surface area contributed by atoms with E-state index in [2.05, 4.69) is 0 Å². The molecule has 0 saturated carbocycles. The number of nitrogens with zero attached hydrogens (tertiary/aromatic N) is 1. The van der Waals surface area contributed by atoms with Crippen molar-refractivity contribution in [3.05, 3.63) is 0 Å². The smallest absolute Gasteiger partial charge is 0.257 e. The second kappa shape index (κ2) is 4.60. The quantitative estimate of drug-likeness (QED) is 0.725. The summed E-state index contributed by atoms with van der Waals surface area (Å²) in [6.45, 7) is 7.64. The molecule has 0 aliphatic carbocycles. The summed E-state index contributed by atoms with van der Waals surface area (Å²) >= 11 is 0. The van der Waals surface area contributed by atoms with E-state index in [4.69, 9.17) is 4.18 Å². The normalized spacial score (nSPS) is 30.2. The molecule has 1 rings (SSSR count). The van der Waals surface area contributed by atoms with Crippen LogP contribution in [0.25, 0.3) is 0 Å². The fourth-order valence-corrected chi connectivity index (χ4v) is 2.82. The third-order valence-corrected chi connectivity index (χ3v) is 3.66. The van der Waals surface area contributed by atoms with Crippen LogP contribution in [0.3, 0.4) is 0 Å². The topological polar surface area (TPSA) is 66.8 Å². The molecule has 1 fully saturated rings. The Morgan fingerprint density at radius 1 is 1.25 bits per heavy atom. The SMILES string of the molecule is CC1(C)CCC(O[SH](=O)=O)CC(C)(C)N1O. The maximum absolute atomic E-state index is 10.6. The van der Waals surface area contributed by atoms with Gasteiger partial charge in [-0.05, 0) is 47.0 Å². The van der Waals surface area contributed by atoms with Crippen molar-refractivity contribution in [2.45, 2.75) is 64.1 Å². The summed E-state index contributed by atoms with van der Waals surface area (Å²) in [5, 5.41) is 11.4. The maximum atomic E-state index is 10.6. The second-order valence-electron chi connectivity index (χ2n) is 5.63. The summed E-state index contributed by atoms with van der Waals surface area (Å²) in [5.41, 5.74) is -0.855. The zero-order valence-corrected chi connectivity index (χ0v) is 11.2. The van der Waals surface area contributed by atoms with Crippen molar-refractivity contribution >= 4 is 11.0 Å². The summed E-state index contributed by atoms with van der Waals surface area (Å²) < 4.78 is 26.0. The van der Waals surface area contributed by atoms with Crippen LogP contribution in [0.4, 0.5) is 0 Å². The largest absolute Gasteiger partial charge is 0.313 e. The Morgan fingerprint density at radius 2 is 1.81 bits per heavy atom. The van der Waals surface area contributed by atoms with E-state index in [1.165, 1.54) is 5.06 Å². The first kappa shape index (κ1) is 13.9. The zero-order valence-electron chi connectivity index (χ0n) is 10.3. The number of rotatable bonds is 2. The van der Waals surface area contributed by atoms with Gasteiger partial charge >= 0.3 is 0 Å². The zero-order chi connectivity index (χ0) is 12.6. The monoisotopic (exact) mass is 251 g/mol. The van der Waals surface area contributed by atoms with Crippen molar-refractivity contribution in [1.82, 2.24) is 5.06 Å². The Hall–Kier alpha value is -0.170. The number of hydroxylamine groups is 2. The van der Waals surface area contributed by atoms with Gasteiger partial charge in [-0.25, -0.2) is 8.42 Å². The fourth-order valence-electron chi connectivity index (χ4n) is 2.40. The number of hydrogen-bond acceptors (Lipinski definition) is 5. The molecule has 0 radical (unpaired) electrons. The van der Waals surface area contributed by atoms with Crippen LogP contribution in [0.2, 0.25) is 0 Å². The molecule has 5 nitrogen and oxygen atoms in total. The van der Waals surface area contributed by atoms with E-state index in [0.29, 0.717) is 19.3 Å². The van der Waals surface area contributed by atoms with Gasteiger partial charge in [-0.15, -0.1) is 0 Å². The predicted octanol–water partition coefficient (Wildman–Crippen LogP) is 1.33. The molecule has 1 aliphatic rings. The Bertz CT molecular complexity index is 317. The van der Waals surface area contributed by atoms with Gasteiger partial charge in [0.05, 0.1) is 6.10 Å². The minimum absolute atomic E-state index is 0.340. The highest BCUT2D eigenvalue weighted by Crippen LogP contribution is 2.36. The van der Waals surface area contributed by atoms with Gasteiger partial charge in [0, 0.05) is 11.1 Å². The second-order valence-corrected chi connectivity index (χ2v) is 6.29. The highest BCUT2D eigenvalue weighted by atomic mass is 32.2. The summed E-state index contributed by atoms with van der Waals surface area (Å²) in [4.78, 5) is 0. The average molecular weight is 251 g/mol. The van der Waals surface area contributed by atoms with Crippen molar-refractivity contribution < 1.29 is 17.8 Å². The van der Waals surface area contributed by atoms with Crippen molar-refractivity contribution in [3.63, 3.8) is 0 Å². The van der Waals surface area contributed by atoms with E-state index in [0.717, 1.165) is 0 Å². The molecule has 16 heavy (non-hydrogen) atoms. The molecule has 1 aliphatic heterocycles. The summed E-state index contributed by atoms with van der Waals surface area (Å²) in [5.74, 6) is 0. The molecule has 1 N–H and O–H groups in total. The predicted molar refractivity (Wildman–Crippen MR) is 60.8 cm³/mol. The number of thiol groups is 1. The molecule has 0 amide bonds. The first-order chi connectivity index (χ1) is 7.15. The Kier molecular flexibility index (Phi) is 3.99. The highest BCUT2D eigenvalue weighted by molar-refractivity contribution is 7.67. The lowest BCUT2D eigenvalue weighted by molar-refractivity contribution is -0.222. The molecule has 0 spiro atoms. The maximum Gasteiger partial charge on any atom is 0.257 e. The molecule has 0 bridgehead atoms. The molecular formula is C10H21NO4S. The van der Waals surface area contributed by atoms with E-state index < -0.39 is 16.5 Å². The van der Waals surface area contributed by atoms with Crippen LogP contribution in [0.15, 0.2) is 0 Å². The summed E-state index contributed by atoms with van der Waals surface area (Å²) in [6, 6.07) is 0. The minimum atomic E-state index is -2.82. The molecule has 96 valence electrons. The van der Waals surface area contributed by atoms with E-state index >= 15 is 0 Å². The van der Waals surface area contributed by atoms with Crippen LogP contribution >= 0.6 is 0 Å². The van der Waals surface area contributed by atoms with Gasteiger partial charge in [0.15, 0.2) is 0 Å². The van der Waals surface area contributed by atoms with Gasteiger partial charge in [-0.3, -0.25) is 4.18 Å². The van der Waals surface area contributed by atoms with Crippen LogP contribution in [0, 0.1) is 0 Å². The highest BCUT2D eigenvalue weighted by Gasteiger charge is 2.42. The first-order valence-electron chi connectivity index (χ1n) is 5.45. The van der Waals surface area contributed by atoms with Crippen LogP contribution in [0.1, 0.15) is 47.0 Å². The van der Waals surface area contributed by atoms with Crippen molar-refractivity contribution in [2.75, 3.05) is 0 Å². The van der Waals surface area contributed by atoms with Crippen molar-refractivity contribution in [1.29, 1.82) is 0 Å². The third-order valence-electron chi connectivity index (χ3n) is 3.19. The lowest BCUT2D eigenvalue weighted by atomic mass is 9.95. The standard InChI is InChI=1S/C10H21NO4S/c1-9(2)6-5-8(15-16(13)14)7-10(3,4)11(9)12/h8,12,16H,5-7H2,1-4H3. The van der Waals surface area contributed by atoms with Gasteiger partial charge in [0.1, 0.15) is 0 Å². The van der Waals surface area contributed by atoms with Crippen molar-refractivity contribution in [3.8, 4) is 0 Å². The number of hydrogen-bond donors (Lipinski definition) is 2. The van der Waals surface area contributed by atoms with Crippen LogP contribution in [0.5, 0.6) is 0 Å². The van der Waals surface area contributed by atoms with Crippen LogP contribution in [-0.4, -0.2) is 35.9 Å². The molecule has 1 heterocycles. The molecule has 6 heteroatoms. The van der Waals surface area contributed by atoms with Gasteiger partial charge in [-0.1, -0.05) is 0 Å². The molecule has 0 aromatic carbocycles. The van der Waals surface area contributed by atoms with Gasteiger partial charge in [0.25, 0.3) is 11.0 Å². The molecule has 1 unspecified atom stereocenters. The van der Waals surface area contributed by atoms with Gasteiger partial charge in [0.2, 0.25) is 0 Å². The lowest BCUT2D eigenvalue weighted by Gasteiger charge is -2.42. The van der Waals surface area contributed by atoms with E-state index in [9.17, 15) is 13.6 Å². The summed E-state index contributed by atoms with van der Waals surface area (Å²) in [6.07, 6.45) is 1.49. The lowest BCUT2D eigenvalue weighted by Crippen LogP contribution is -2.52. The van der Waals surface area contributed by atoms with Gasteiger partial charge in [-0.2, -0.15) is 5.06 Å². The van der Waals surface area contributed by atoms with Gasteiger partial charge < -0.3 is 5.21 Å². The fraction of sp³-hybridized carbons (Fsp3) is 1.00. The third kappa shape index (κ3) is 3.16. The van der Waals surface area contributed by atoms with E-state index in [1.807, 2.05) is 27.7 Å². The molecule has 1 atom stereocenters. The van der Waals surface area contributed by atoms with Crippen molar-refractivity contribution in [2.24, 2.45) is 0 Å². The average Bonchev–Trinajstić information content (AvgIpc) is 2.17. The first-order valence-corrected chi connectivity index (χ1v) is 6.55. The molecule has 1 saturated heterocycles. The van der Waals surface area contributed by atoms with E-state index in [-0.39, 0.29) is 11.6 Å². The Labute approximate surface area is 98.5 Å². The Balaban J connectivity index is 2.86. The van der Waals surface area contributed by atoms with E-state index in [1.54, 1.807) is 0 Å². The molecular weight excluding hydrogens is 230 g/mol.